The Morgan fingerprint density at radius 3 is 2.58 bits per heavy atom. The van der Waals surface area contributed by atoms with E-state index in [2.05, 4.69) is 10.0 Å². The Bertz CT molecular complexity index is 847. The van der Waals surface area contributed by atoms with E-state index < -0.39 is 15.9 Å². The van der Waals surface area contributed by atoms with E-state index in [1.165, 1.54) is 7.11 Å². The standard InChI is InChI=1S/C17H20N2O4S/c1-12-7-8-13(2)16(9-12)24(21,22)18-11-17(20)19-14-5-4-6-15(10-14)23-3/h4-10,18H,11H2,1-3H3,(H,19,20). The van der Waals surface area contributed by atoms with Crippen molar-refractivity contribution in [2.45, 2.75) is 18.7 Å². The molecule has 0 radical (unpaired) electrons. The summed E-state index contributed by atoms with van der Waals surface area (Å²) in [6, 6.07) is 12.0. The summed E-state index contributed by atoms with van der Waals surface area (Å²) in [4.78, 5) is 12.1. The van der Waals surface area contributed by atoms with Crippen molar-refractivity contribution in [2.24, 2.45) is 0 Å². The minimum atomic E-state index is -3.75. The average Bonchev–Trinajstić information content (AvgIpc) is 2.55. The molecule has 0 fully saturated rings. The third-order valence-corrected chi connectivity index (χ3v) is 4.95. The molecule has 2 N–H and O–H groups in total. The number of hydrogen-bond donors (Lipinski definition) is 2. The van der Waals surface area contributed by atoms with Crippen molar-refractivity contribution in [3.8, 4) is 5.75 Å². The second kappa shape index (κ2) is 7.46. The van der Waals surface area contributed by atoms with Crippen LogP contribution in [0.2, 0.25) is 0 Å². The highest BCUT2D eigenvalue weighted by Crippen LogP contribution is 2.17. The Morgan fingerprint density at radius 1 is 1.12 bits per heavy atom. The minimum absolute atomic E-state index is 0.177. The van der Waals surface area contributed by atoms with Crippen molar-refractivity contribution in [2.75, 3.05) is 19.0 Å². The average molecular weight is 348 g/mol. The van der Waals surface area contributed by atoms with Crippen LogP contribution in [0, 0.1) is 13.8 Å². The van der Waals surface area contributed by atoms with E-state index in [-0.39, 0.29) is 11.4 Å². The fourth-order valence-electron chi connectivity index (χ4n) is 2.14. The maximum Gasteiger partial charge on any atom is 0.241 e. The van der Waals surface area contributed by atoms with Crippen LogP contribution in [0.25, 0.3) is 0 Å². The van der Waals surface area contributed by atoms with Crippen molar-refractivity contribution < 1.29 is 17.9 Å². The molecule has 2 rings (SSSR count). The highest BCUT2D eigenvalue weighted by Gasteiger charge is 2.18. The largest absolute Gasteiger partial charge is 0.497 e. The molecular formula is C17H20N2O4S. The van der Waals surface area contributed by atoms with Crippen LogP contribution in [-0.2, 0) is 14.8 Å². The van der Waals surface area contributed by atoms with Crippen molar-refractivity contribution in [3.63, 3.8) is 0 Å². The summed E-state index contributed by atoms with van der Waals surface area (Å²) in [5, 5.41) is 2.62. The Morgan fingerprint density at radius 2 is 1.88 bits per heavy atom. The second-order valence-corrected chi connectivity index (χ2v) is 7.11. The number of amides is 1. The predicted octanol–water partition coefficient (Wildman–Crippen LogP) is 2.23. The van der Waals surface area contributed by atoms with Gasteiger partial charge >= 0.3 is 0 Å². The third kappa shape index (κ3) is 4.56. The van der Waals surface area contributed by atoms with Gasteiger partial charge in [0.1, 0.15) is 5.75 Å². The molecule has 0 bridgehead atoms. The lowest BCUT2D eigenvalue weighted by Crippen LogP contribution is -2.33. The molecule has 0 saturated heterocycles. The van der Waals surface area contributed by atoms with Gasteiger partial charge in [-0.3, -0.25) is 4.79 Å². The molecule has 128 valence electrons. The molecule has 0 aliphatic carbocycles. The summed E-state index contributed by atoms with van der Waals surface area (Å²) >= 11 is 0. The van der Waals surface area contributed by atoms with Crippen molar-refractivity contribution in [1.82, 2.24) is 4.72 Å². The van der Waals surface area contributed by atoms with Gasteiger partial charge in [-0.05, 0) is 43.2 Å². The molecule has 0 saturated carbocycles. The lowest BCUT2D eigenvalue weighted by Gasteiger charge is -2.11. The van der Waals surface area contributed by atoms with Gasteiger partial charge in [-0.25, -0.2) is 13.1 Å². The zero-order valence-corrected chi connectivity index (χ0v) is 14.6. The van der Waals surface area contributed by atoms with Gasteiger partial charge in [0.25, 0.3) is 0 Å². The molecule has 1 amide bonds. The summed E-state index contributed by atoms with van der Waals surface area (Å²) < 4.78 is 32.1. The van der Waals surface area contributed by atoms with E-state index in [4.69, 9.17) is 4.74 Å². The maximum absolute atomic E-state index is 12.4. The molecule has 24 heavy (non-hydrogen) atoms. The van der Waals surface area contributed by atoms with Crippen molar-refractivity contribution >= 4 is 21.6 Å². The zero-order chi connectivity index (χ0) is 17.7. The normalized spacial score (nSPS) is 11.1. The summed E-state index contributed by atoms with van der Waals surface area (Å²) in [6.07, 6.45) is 0. The van der Waals surface area contributed by atoms with Gasteiger partial charge in [-0.1, -0.05) is 18.2 Å². The Labute approximate surface area is 141 Å². The van der Waals surface area contributed by atoms with Crippen LogP contribution in [0.1, 0.15) is 11.1 Å². The number of nitrogens with one attached hydrogen (secondary N) is 2. The number of anilines is 1. The van der Waals surface area contributed by atoms with Crippen LogP contribution in [0.4, 0.5) is 5.69 Å². The van der Waals surface area contributed by atoms with E-state index in [0.29, 0.717) is 17.0 Å². The molecule has 0 unspecified atom stereocenters. The van der Waals surface area contributed by atoms with Crippen molar-refractivity contribution in [1.29, 1.82) is 0 Å². The van der Waals surface area contributed by atoms with Gasteiger partial charge in [0.2, 0.25) is 15.9 Å². The lowest BCUT2D eigenvalue weighted by atomic mass is 10.2. The van der Waals surface area contributed by atoms with Gasteiger partial charge in [0, 0.05) is 11.8 Å². The molecule has 0 heterocycles. The number of aryl methyl sites for hydroxylation is 2. The molecule has 0 spiro atoms. The van der Waals surface area contributed by atoms with E-state index in [9.17, 15) is 13.2 Å². The van der Waals surface area contributed by atoms with Gasteiger partial charge < -0.3 is 10.1 Å². The molecule has 0 aliphatic heterocycles. The molecule has 6 nitrogen and oxygen atoms in total. The predicted molar refractivity (Wildman–Crippen MR) is 92.7 cm³/mol. The first-order chi connectivity index (χ1) is 11.3. The van der Waals surface area contributed by atoms with Crippen LogP contribution in [0.3, 0.4) is 0 Å². The molecule has 7 heteroatoms. The number of ether oxygens (including phenoxy) is 1. The van der Waals surface area contributed by atoms with Crippen LogP contribution < -0.4 is 14.8 Å². The van der Waals surface area contributed by atoms with Crippen LogP contribution in [-0.4, -0.2) is 28.0 Å². The Balaban J connectivity index is 2.03. The van der Waals surface area contributed by atoms with Crippen LogP contribution in [0.15, 0.2) is 47.4 Å². The number of methoxy groups -OCH3 is 1. The first-order valence-corrected chi connectivity index (χ1v) is 8.81. The fourth-order valence-corrected chi connectivity index (χ4v) is 3.45. The lowest BCUT2D eigenvalue weighted by molar-refractivity contribution is -0.115. The Kier molecular flexibility index (Phi) is 5.58. The summed E-state index contributed by atoms with van der Waals surface area (Å²) in [6.45, 7) is 3.17. The van der Waals surface area contributed by atoms with E-state index in [1.807, 2.05) is 13.0 Å². The van der Waals surface area contributed by atoms with Crippen LogP contribution in [0.5, 0.6) is 5.75 Å². The van der Waals surface area contributed by atoms with Gasteiger partial charge in [0.05, 0.1) is 18.6 Å². The number of hydrogen-bond acceptors (Lipinski definition) is 4. The SMILES string of the molecule is COc1cccc(NC(=O)CNS(=O)(=O)c2cc(C)ccc2C)c1. The highest BCUT2D eigenvalue weighted by molar-refractivity contribution is 7.89. The summed E-state index contributed by atoms with van der Waals surface area (Å²) in [5.41, 5.74) is 1.99. The maximum atomic E-state index is 12.4. The second-order valence-electron chi connectivity index (χ2n) is 5.37. The fraction of sp³-hybridized carbons (Fsp3) is 0.235. The number of sulfonamides is 1. The Hall–Kier alpha value is -2.38. The molecule has 2 aromatic carbocycles. The minimum Gasteiger partial charge on any atom is -0.497 e. The molecular weight excluding hydrogens is 328 g/mol. The van der Waals surface area contributed by atoms with E-state index >= 15 is 0 Å². The molecule has 0 aromatic heterocycles. The highest BCUT2D eigenvalue weighted by atomic mass is 32.2. The molecule has 2 aromatic rings. The first kappa shape index (κ1) is 18.0. The first-order valence-electron chi connectivity index (χ1n) is 7.32. The molecule has 0 aliphatic rings. The van der Waals surface area contributed by atoms with Gasteiger partial charge in [-0.15, -0.1) is 0 Å². The molecule has 0 atom stereocenters. The van der Waals surface area contributed by atoms with E-state index in [0.717, 1.165) is 5.56 Å². The summed E-state index contributed by atoms with van der Waals surface area (Å²) in [7, 11) is -2.22. The third-order valence-electron chi connectivity index (χ3n) is 3.41. The zero-order valence-electron chi connectivity index (χ0n) is 13.8. The number of carbonyl (C=O) groups excluding carboxylic acids is 1. The quantitative estimate of drug-likeness (QED) is 0.838. The number of carbonyl (C=O) groups is 1. The summed E-state index contributed by atoms with van der Waals surface area (Å²) in [5.74, 6) is 0.140. The topological polar surface area (TPSA) is 84.5 Å². The monoisotopic (exact) mass is 348 g/mol. The number of rotatable bonds is 6. The van der Waals surface area contributed by atoms with Crippen molar-refractivity contribution in [3.05, 3.63) is 53.6 Å². The van der Waals surface area contributed by atoms with Gasteiger partial charge in [0.15, 0.2) is 0 Å². The van der Waals surface area contributed by atoms with E-state index in [1.54, 1.807) is 43.3 Å². The van der Waals surface area contributed by atoms with Gasteiger partial charge in [-0.2, -0.15) is 0 Å². The number of benzene rings is 2. The smallest absolute Gasteiger partial charge is 0.241 e. The van der Waals surface area contributed by atoms with Crippen LogP contribution >= 0.6 is 0 Å².